The van der Waals surface area contributed by atoms with E-state index in [0.717, 1.165) is 20.8 Å². The number of hydrogen-bond acceptors (Lipinski definition) is 3. The molecule has 1 rings (SSSR count). The maximum atomic E-state index is 12.7. The normalized spacial score (nSPS) is 13.9. The lowest BCUT2D eigenvalue weighted by Gasteiger charge is -2.24. The van der Waals surface area contributed by atoms with Crippen molar-refractivity contribution in [3.05, 3.63) is 21.1 Å². The van der Waals surface area contributed by atoms with Crippen LogP contribution in [0.15, 0.2) is 10.5 Å². The Hall–Kier alpha value is -0.280. The van der Waals surface area contributed by atoms with Crippen LogP contribution in [-0.2, 0) is 0 Å². The molecule has 1 aromatic rings. The molecule has 0 amide bonds. The van der Waals surface area contributed by atoms with Crippen LogP contribution >= 0.6 is 35.7 Å². The Kier molecular flexibility index (Phi) is 7.86. The molecule has 0 saturated carbocycles. The smallest absolute Gasteiger partial charge is 0.147 e. The van der Waals surface area contributed by atoms with Crippen LogP contribution in [0.25, 0.3) is 0 Å². The lowest BCUT2D eigenvalue weighted by Crippen LogP contribution is -2.20. The Morgan fingerprint density at radius 2 is 1.87 bits per heavy atom. The fourth-order valence-corrected chi connectivity index (χ4v) is 4.57. The van der Waals surface area contributed by atoms with Gasteiger partial charge in [0.2, 0.25) is 0 Å². The molecule has 6 heteroatoms. The second-order valence-corrected chi connectivity index (χ2v) is 9.15. The summed E-state index contributed by atoms with van der Waals surface area (Å²) in [6.45, 7) is 8.81. The summed E-state index contributed by atoms with van der Waals surface area (Å²) in [4.78, 5) is 0. The molecule has 0 fully saturated rings. The van der Waals surface area contributed by atoms with Crippen molar-refractivity contribution >= 4 is 41.2 Å². The summed E-state index contributed by atoms with van der Waals surface area (Å²) in [5.74, 6) is 1.29. The largest absolute Gasteiger partial charge is 0.823 e. The van der Waals surface area contributed by atoms with Gasteiger partial charge in [-0.3, -0.25) is 0 Å². The zero-order chi connectivity index (χ0) is 17.8. The summed E-state index contributed by atoms with van der Waals surface area (Å²) in [6, 6.07) is 1.68. The van der Waals surface area contributed by atoms with Crippen molar-refractivity contribution in [1.82, 2.24) is 0 Å². The monoisotopic (exact) mass is 421 g/mol. The van der Waals surface area contributed by atoms with Gasteiger partial charge in [0.1, 0.15) is 11.5 Å². The maximum Gasteiger partial charge on any atom is 0.147 e. The number of halogens is 2. The van der Waals surface area contributed by atoms with Gasteiger partial charge < -0.3 is 14.6 Å². The zero-order valence-electron chi connectivity index (χ0n) is 14.5. The molecule has 130 valence electrons. The molecule has 0 bridgehead atoms. The molecule has 23 heavy (non-hydrogen) atoms. The molecule has 0 saturated heterocycles. The molecule has 0 N–H and O–H groups in total. The number of benzene rings is 1. The van der Waals surface area contributed by atoms with Crippen LogP contribution in [0.3, 0.4) is 0 Å². The van der Waals surface area contributed by atoms with Crippen molar-refractivity contribution < 1.29 is 14.6 Å². The lowest BCUT2D eigenvalue weighted by molar-refractivity contribution is -0.207. The van der Waals surface area contributed by atoms with Crippen molar-refractivity contribution in [2.24, 2.45) is 11.3 Å². The molecule has 0 aliphatic rings. The molecule has 3 nitrogen and oxygen atoms in total. The number of methoxy groups -OCH3 is 2. The third-order valence-electron chi connectivity index (χ3n) is 3.27. The minimum Gasteiger partial charge on any atom is -0.823 e. The highest BCUT2D eigenvalue weighted by atomic mass is 79.9. The number of rotatable bonds is 6. The van der Waals surface area contributed by atoms with Crippen LogP contribution in [-0.4, -0.2) is 25.9 Å². The minimum atomic E-state index is -0.0392. The quantitative estimate of drug-likeness (QED) is 0.607. The SMILES string of the molecule is COc1c(Cl)cc(Br)c(OC)c1C([O-])=PCC(C)CC(C)(C)C. The molecule has 0 aliphatic carbocycles. The van der Waals surface area contributed by atoms with Crippen LogP contribution in [0.5, 0.6) is 11.5 Å². The topological polar surface area (TPSA) is 41.5 Å². The van der Waals surface area contributed by atoms with Gasteiger partial charge in [0.25, 0.3) is 0 Å². The molecule has 0 heterocycles. The highest BCUT2D eigenvalue weighted by molar-refractivity contribution is 9.10. The Morgan fingerprint density at radius 1 is 1.30 bits per heavy atom. The maximum absolute atomic E-state index is 12.7. The van der Waals surface area contributed by atoms with E-state index in [9.17, 15) is 5.11 Å². The van der Waals surface area contributed by atoms with Gasteiger partial charge >= 0.3 is 0 Å². The van der Waals surface area contributed by atoms with E-state index in [1.807, 2.05) is 0 Å². The second kappa shape index (κ2) is 8.71. The molecule has 1 aromatic carbocycles. The van der Waals surface area contributed by atoms with Crippen molar-refractivity contribution in [3.8, 4) is 11.5 Å². The van der Waals surface area contributed by atoms with E-state index in [0.29, 0.717) is 32.5 Å². The van der Waals surface area contributed by atoms with E-state index in [2.05, 4.69) is 43.6 Å². The van der Waals surface area contributed by atoms with E-state index >= 15 is 0 Å². The molecule has 0 radical (unpaired) electrons. The highest BCUT2D eigenvalue weighted by Crippen LogP contribution is 2.41. The van der Waals surface area contributed by atoms with E-state index < -0.39 is 0 Å². The predicted octanol–water partition coefficient (Wildman–Crippen LogP) is 4.98. The average molecular weight is 423 g/mol. The summed E-state index contributed by atoms with van der Waals surface area (Å²) < 4.78 is 11.3. The molecule has 1 atom stereocenters. The Labute approximate surface area is 154 Å². The summed E-state index contributed by atoms with van der Waals surface area (Å²) in [7, 11) is 3.76. The first-order valence-corrected chi connectivity index (χ1v) is 9.67. The molecule has 0 spiro atoms. The summed E-state index contributed by atoms with van der Waals surface area (Å²) >= 11 is 9.58. The van der Waals surface area contributed by atoms with E-state index in [4.69, 9.17) is 21.1 Å². The van der Waals surface area contributed by atoms with Gasteiger partial charge in [0, 0.05) is 0 Å². The van der Waals surface area contributed by atoms with Gasteiger partial charge in [-0.2, -0.15) is 0 Å². The third-order valence-corrected chi connectivity index (χ3v) is 5.46. The van der Waals surface area contributed by atoms with Crippen LogP contribution in [0.4, 0.5) is 0 Å². The number of ether oxygens (including phenoxy) is 2. The fourth-order valence-electron chi connectivity index (χ4n) is 2.61. The van der Waals surface area contributed by atoms with Crippen LogP contribution in [0.2, 0.25) is 5.02 Å². The highest BCUT2D eigenvalue weighted by Gasteiger charge is 2.18. The van der Waals surface area contributed by atoms with E-state index in [1.165, 1.54) is 14.2 Å². The fraction of sp³-hybridized carbons (Fsp3) is 0.588. The lowest BCUT2D eigenvalue weighted by atomic mass is 9.86. The van der Waals surface area contributed by atoms with Crippen molar-refractivity contribution in [2.75, 3.05) is 20.4 Å². The third kappa shape index (κ3) is 5.94. The van der Waals surface area contributed by atoms with Gasteiger partial charge in [0.05, 0.1) is 29.3 Å². The standard InChI is InChI=1S/C17H25BrClO3P/c1-10(8-17(2,3)4)9-23-16(20)13-14(21-5)11(18)7-12(19)15(13)22-6/h7,10,20H,8-9H2,1-6H3/p-1. The van der Waals surface area contributed by atoms with Gasteiger partial charge in [-0.05, 0) is 45.9 Å². The summed E-state index contributed by atoms with van der Waals surface area (Å²) in [5.41, 5.74) is 0.619. The van der Waals surface area contributed by atoms with Gasteiger partial charge in [-0.15, -0.1) is 13.7 Å². The van der Waals surface area contributed by atoms with Crippen molar-refractivity contribution in [3.63, 3.8) is 0 Å². The van der Waals surface area contributed by atoms with Crippen LogP contribution < -0.4 is 14.6 Å². The van der Waals surface area contributed by atoms with Crippen molar-refractivity contribution in [2.45, 2.75) is 34.1 Å². The van der Waals surface area contributed by atoms with E-state index in [1.54, 1.807) is 6.07 Å². The van der Waals surface area contributed by atoms with Crippen LogP contribution in [0, 0.1) is 11.3 Å². The Balaban J connectivity index is 3.16. The van der Waals surface area contributed by atoms with Gasteiger partial charge in [-0.25, -0.2) is 0 Å². The molecule has 0 aliphatic heterocycles. The van der Waals surface area contributed by atoms with E-state index in [-0.39, 0.29) is 10.9 Å². The molecular formula is C17H24BrClO3P-. The molecule has 1 unspecified atom stereocenters. The first kappa shape index (κ1) is 20.8. The Bertz CT molecular complexity index is 554. The second-order valence-electron chi connectivity index (χ2n) is 6.80. The Morgan fingerprint density at radius 3 is 2.35 bits per heavy atom. The first-order chi connectivity index (χ1) is 10.6. The zero-order valence-corrected chi connectivity index (χ0v) is 17.7. The van der Waals surface area contributed by atoms with Gasteiger partial charge in [-0.1, -0.05) is 39.3 Å². The van der Waals surface area contributed by atoms with Crippen molar-refractivity contribution in [1.29, 1.82) is 0 Å². The average Bonchev–Trinajstić information content (AvgIpc) is 2.42. The molecule has 0 aromatic heterocycles. The minimum absolute atomic E-state index is 0.0392. The summed E-state index contributed by atoms with van der Waals surface area (Å²) in [6.07, 6.45) is 1.87. The molecular weight excluding hydrogens is 399 g/mol. The number of hydrogen-bond donors (Lipinski definition) is 0. The summed E-state index contributed by atoms with van der Waals surface area (Å²) in [5, 5.41) is 13.1. The van der Waals surface area contributed by atoms with Gasteiger partial charge in [0.15, 0.2) is 0 Å². The van der Waals surface area contributed by atoms with Crippen LogP contribution in [0.1, 0.15) is 39.7 Å². The first-order valence-electron chi connectivity index (χ1n) is 7.42. The predicted molar refractivity (Wildman–Crippen MR) is 101 cm³/mol.